The molecule has 1 aromatic rings. The Kier molecular flexibility index (Phi) is 5.06. The van der Waals surface area contributed by atoms with Crippen LogP contribution in [0.1, 0.15) is 25.8 Å². The van der Waals surface area contributed by atoms with Crippen molar-refractivity contribution in [3.05, 3.63) is 35.9 Å². The molecule has 0 bridgehead atoms. The molecule has 0 aliphatic carbocycles. The molecule has 1 aliphatic rings. The molecule has 0 spiro atoms. The minimum atomic E-state index is 0.835. The van der Waals surface area contributed by atoms with Gasteiger partial charge < -0.3 is 10.6 Å². The summed E-state index contributed by atoms with van der Waals surface area (Å²) in [4.78, 5) is 2.32. The Balaban J connectivity index is 0.000000606. The molecule has 1 heterocycles. The van der Waals surface area contributed by atoms with Crippen molar-refractivity contribution < 1.29 is 0 Å². The predicted octanol–water partition coefficient (Wildman–Crippen LogP) is 3.01. The van der Waals surface area contributed by atoms with Crippen LogP contribution >= 0.6 is 0 Å². The standard InChI is InChI=1S/C12H16N2.C2H6/c1-14-8-6-11(7-9-14)10-2-4-12(13)5-3-10;1-2/h2-6H,7-9,13H2,1H3;1-2H3. The van der Waals surface area contributed by atoms with Crippen molar-refractivity contribution in [1.82, 2.24) is 4.90 Å². The van der Waals surface area contributed by atoms with Crippen LogP contribution in [0.5, 0.6) is 0 Å². The van der Waals surface area contributed by atoms with Crippen molar-refractivity contribution in [2.24, 2.45) is 0 Å². The third-order valence-electron chi connectivity index (χ3n) is 2.69. The number of rotatable bonds is 1. The molecule has 88 valence electrons. The second-order valence-corrected chi connectivity index (χ2v) is 3.86. The first-order chi connectivity index (χ1) is 7.75. The maximum atomic E-state index is 5.65. The monoisotopic (exact) mass is 218 g/mol. The zero-order valence-electron chi connectivity index (χ0n) is 10.5. The van der Waals surface area contributed by atoms with Crippen LogP contribution in [-0.2, 0) is 0 Å². The third kappa shape index (κ3) is 3.38. The zero-order valence-corrected chi connectivity index (χ0v) is 10.5. The molecular formula is C14H22N2. The highest BCUT2D eigenvalue weighted by molar-refractivity contribution is 5.67. The average molecular weight is 218 g/mol. The molecule has 1 aromatic carbocycles. The van der Waals surface area contributed by atoms with Gasteiger partial charge in [0.15, 0.2) is 0 Å². The molecule has 2 heteroatoms. The number of nitrogens with zero attached hydrogens (tertiary/aromatic N) is 1. The normalized spacial score (nSPS) is 16.1. The Hall–Kier alpha value is -1.28. The molecule has 0 unspecified atom stereocenters. The number of nitrogen functional groups attached to an aromatic ring is 1. The minimum absolute atomic E-state index is 0.835. The van der Waals surface area contributed by atoms with Gasteiger partial charge in [0.05, 0.1) is 0 Å². The molecule has 0 atom stereocenters. The molecule has 16 heavy (non-hydrogen) atoms. The van der Waals surface area contributed by atoms with E-state index in [0.29, 0.717) is 0 Å². The summed E-state index contributed by atoms with van der Waals surface area (Å²) in [6.07, 6.45) is 3.44. The molecule has 0 radical (unpaired) electrons. The lowest BCUT2D eigenvalue weighted by Gasteiger charge is -2.22. The lowest BCUT2D eigenvalue weighted by Crippen LogP contribution is -2.23. The van der Waals surface area contributed by atoms with E-state index in [1.54, 1.807) is 0 Å². The summed E-state index contributed by atoms with van der Waals surface area (Å²) in [5.41, 5.74) is 9.25. The Morgan fingerprint density at radius 1 is 1.12 bits per heavy atom. The van der Waals surface area contributed by atoms with Gasteiger partial charge in [-0.25, -0.2) is 0 Å². The zero-order chi connectivity index (χ0) is 12.0. The fourth-order valence-electron chi connectivity index (χ4n) is 1.73. The second-order valence-electron chi connectivity index (χ2n) is 3.86. The van der Waals surface area contributed by atoms with Gasteiger partial charge in [-0.3, -0.25) is 0 Å². The number of hydrogen-bond donors (Lipinski definition) is 1. The van der Waals surface area contributed by atoms with Crippen LogP contribution in [0.4, 0.5) is 5.69 Å². The average Bonchev–Trinajstić information content (AvgIpc) is 2.34. The smallest absolute Gasteiger partial charge is 0.0314 e. The highest BCUT2D eigenvalue weighted by Gasteiger charge is 2.08. The van der Waals surface area contributed by atoms with Crippen molar-refractivity contribution in [1.29, 1.82) is 0 Å². The summed E-state index contributed by atoms with van der Waals surface area (Å²) in [6.45, 7) is 6.20. The van der Waals surface area contributed by atoms with Crippen LogP contribution in [0.25, 0.3) is 5.57 Å². The Morgan fingerprint density at radius 2 is 1.75 bits per heavy atom. The largest absolute Gasteiger partial charge is 0.399 e. The summed E-state index contributed by atoms with van der Waals surface area (Å²) >= 11 is 0. The Labute approximate surface area is 98.8 Å². The molecule has 0 saturated heterocycles. The third-order valence-corrected chi connectivity index (χ3v) is 2.69. The molecule has 0 saturated carbocycles. The molecular weight excluding hydrogens is 196 g/mol. The fraction of sp³-hybridized carbons (Fsp3) is 0.429. The van der Waals surface area contributed by atoms with Crippen molar-refractivity contribution in [3.8, 4) is 0 Å². The van der Waals surface area contributed by atoms with Gasteiger partial charge in [-0.1, -0.05) is 32.1 Å². The summed E-state index contributed by atoms with van der Waals surface area (Å²) in [5, 5.41) is 0. The lowest BCUT2D eigenvalue weighted by atomic mass is 9.99. The Bertz CT molecular complexity index is 338. The van der Waals surface area contributed by atoms with E-state index in [0.717, 1.165) is 25.2 Å². The van der Waals surface area contributed by atoms with E-state index < -0.39 is 0 Å². The number of benzene rings is 1. The Morgan fingerprint density at radius 3 is 2.25 bits per heavy atom. The van der Waals surface area contributed by atoms with Gasteiger partial charge in [-0.05, 0) is 36.7 Å². The first-order valence-corrected chi connectivity index (χ1v) is 5.99. The van der Waals surface area contributed by atoms with E-state index in [1.165, 1.54) is 11.1 Å². The van der Waals surface area contributed by atoms with Gasteiger partial charge in [-0.2, -0.15) is 0 Å². The van der Waals surface area contributed by atoms with Crippen LogP contribution in [0.15, 0.2) is 30.3 Å². The maximum absolute atomic E-state index is 5.65. The summed E-state index contributed by atoms with van der Waals surface area (Å²) in [6, 6.07) is 8.14. The first-order valence-electron chi connectivity index (χ1n) is 5.99. The highest BCUT2D eigenvalue weighted by atomic mass is 15.1. The summed E-state index contributed by atoms with van der Waals surface area (Å²) in [7, 11) is 2.15. The molecule has 0 aromatic heterocycles. The van der Waals surface area contributed by atoms with Crippen LogP contribution in [-0.4, -0.2) is 25.0 Å². The SMILES string of the molecule is CC.CN1CC=C(c2ccc(N)cc2)CC1. The predicted molar refractivity (Wildman–Crippen MR) is 72.3 cm³/mol. The van der Waals surface area contributed by atoms with E-state index >= 15 is 0 Å². The summed E-state index contributed by atoms with van der Waals surface area (Å²) in [5.74, 6) is 0. The number of anilines is 1. The molecule has 2 rings (SSSR count). The number of hydrogen-bond acceptors (Lipinski definition) is 2. The molecule has 2 N–H and O–H groups in total. The number of likely N-dealkylation sites (N-methyl/N-ethyl adjacent to an activating group) is 1. The minimum Gasteiger partial charge on any atom is -0.399 e. The van der Waals surface area contributed by atoms with E-state index in [9.17, 15) is 0 Å². The summed E-state index contributed by atoms with van der Waals surface area (Å²) < 4.78 is 0. The van der Waals surface area contributed by atoms with Crippen molar-refractivity contribution in [3.63, 3.8) is 0 Å². The van der Waals surface area contributed by atoms with Gasteiger partial charge in [0.1, 0.15) is 0 Å². The topological polar surface area (TPSA) is 29.3 Å². The molecule has 1 aliphatic heterocycles. The van der Waals surface area contributed by atoms with E-state index in [-0.39, 0.29) is 0 Å². The maximum Gasteiger partial charge on any atom is 0.0314 e. The molecule has 0 fully saturated rings. The van der Waals surface area contributed by atoms with E-state index in [2.05, 4.69) is 30.2 Å². The van der Waals surface area contributed by atoms with Gasteiger partial charge >= 0.3 is 0 Å². The number of nitrogens with two attached hydrogens (primary N) is 1. The van der Waals surface area contributed by atoms with Crippen molar-refractivity contribution >= 4 is 11.3 Å². The van der Waals surface area contributed by atoms with Crippen LogP contribution in [0, 0.1) is 0 Å². The fourth-order valence-corrected chi connectivity index (χ4v) is 1.73. The van der Waals surface area contributed by atoms with Gasteiger partial charge in [-0.15, -0.1) is 0 Å². The van der Waals surface area contributed by atoms with Gasteiger partial charge in [0, 0.05) is 18.8 Å². The van der Waals surface area contributed by atoms with Crippen LogP contribution in [0.3, 0.4) is 0 Å². The van der Waals surface area contributed by atoms with Crippen molar-refractivity contribution in [2.45, 2.75) is 20.3 Å². The van der Waals surface area contributed by atoms with Crippen molar-refractivity contribution in [2.75, 3.05) is 25.9 Å². The quantitative estimate of drug-likeness (QED) is 0.734. The van der Waals surface area contributed by atoms with E-state index in [1.807, 2.05) is 26.0 Å². The second kappa shape index (κ2) is 6.33. The van der Waals surface area contributed by atoms with E-state index in [4.69, 9.17) is 5.73 Å². The lowest BCUT2D eigenvalue weighted by molar-refractivity contribution is 0.370. The van der Waals surface area contributed by atoms with Gasteiger partial charge in [0.25, 0.3) is 0 Å². The van der Waals surface area contributed by atoms with Crippen LogP contribution < -0.4 is 5.73 Å². The molecule has 2 nitrogen and oxygen atoms in total. The molecule has 0 amide bonds. The highest BCUT2D eigenvalue weighted by Crippen LogP contribution is 2.22. The van der Waals surface area contributed by atoms with Gasteiger partial charge in [0.2, 0.25) is 0 Å². The van der Waals surface area contributed by atoms with Crippen LogP contribution in [0.2, 0.25) is 0 Å². The first kappa shape index (κ1) is 12.8.